The molecular weight excluding hydrogens is 1380 g/mol. The molecule has 1 saturated heterocycles. The maximum atomic E-state index is 12.6. The number of ether oxygens (including phenoxy) is 6. The number of nitrogens with two attached hydrogens (primary N) is 5. The number of carbonyl (C=O) groups is 6. The molecule has 13 rings (SSSR count). The fourth-order valence-corrected chi connectivity index (χ4v) is 11.8. The zero-order valence-corrected chi connectivity index (χ0v) is 60.0. The zero-order chi connectivity index (χ0) is 77.1. The van der Waals surface area contributed by atoms with Crippen LogP contribution in [0.15, 0.2) is 195 Å². The van der Waals surface area contributed by atoms with Crippen molar-refractivity contribution in [2.75, 3.05) is 6.54 Å². The van der Waals surface area contributed by atoms with Crippen LogP contribution in [-0.2, 0) is 28.8 Å². The van der Waals surface area contributed by atoms with Crippen molar-refractivity contribution in [3.8, 4) is 34.5 Å². The molecule has 4 aromatic heterocycles. The second-order valence-corrected chi connectivity index (χ2v) is 27.2. The SMILES string of the molecule is CC(C)C[C@@H](N)C(=O)Oc1ccc2c(c1)oc(=O)c1cc(OC(=O)[C@H](N)CC(C)C)ccc12.CC(C)C[C@H](N)C(=O)Oc1ccc2c(c1)oc(=O)c1ccccc12.C[C@@H](N)C(=O)Oc1ccc2c(c1)oc(=O)c1cc(OC(=O)[C@@H](C)N)ccc12.O=C(Oc1ccc2c(c1)oc(=O)c1ccccc12)C1CCCN1. The minimum Gasteiger partial charge on any atom is -0.425 e. The van der Waals surface area contributed by atoms with Crippen LogP contribution in [0.2, 0.25) is 0 Å². The molecule has 0 amide bonds. The number of fused-ring (bicyclic) bond motifs is 12. The van der Waals surface area contributed by atoms with Gasteiger partial charge in [-0.05, 0) is 178 Å². The lowest BCUT2D eigenvalue weighted by atomic mass is 10.0. The summed E-state index contributed by atoms with van der Waals surface area (Å²) in [5, 5.41) is 10.4. The fourth-order valence-electron chi connectivity index (χ4n) is 11.8. The Balaban J connectivity index is 0.000000154. The van der Waals surface area contributed by atoms with Crippen molar-refractivity contribution in [3.05, 3.63) is 199 Å². The van der Waals surface area contributed by atoms with E-state index < -0.39 is 82.6 Å². The molecule has 556 valence electrons. The quantitative estimate of drug-likeness (QED) is 0.0201. The topological polar surface area (TPSA) is 421 Å². The van der Waals surface area contributed by atoms with Gasteiger partial charge >= 0.3 is 58.3 Å². The van der Waals surface area contributed by atoms with Gasteiger partial charge in [-0.3, -0.25) is 0 Å². The summed E-state index contributed by atoms with van der Waals surface area (Å²) in [7, 11) is 0. The Kier molecular flexibility index (Phi) is 25.0. The van der Waals surface area contributed by atoms with Gasteiger partial charge in [0.25, 0.3) is 0 Å². The highest BCUT2D eigenvalue weighted by atomic mass is 16.6. The van der Waals surface area contributed by atoms with Crippen LogP contribution in [0, 0.1) is 17.8 Å². The summed E-state index contributed by atoms with van der Waals surface area (Å²) >= 11 is 0. The van der Waals surface area contributed by atoms with E-state index in [-0.39, 0.29) is 68.8 Å². The molecule has 0 aliphatic carbocycles. The first-order valence-electron chi connectivity index (χ1n) is 34.7. The molecule has 0 saturated carbocycles. The molecule has 6 atom stereocenters. The van der Waals surface area contributed by atoms with Crippen molar-refractivity contribution in [2.45, 2.75) is 124 Å². The van der Waals surface area contributed by atoms with Gasteiger partial charge in [0, 0.05) is 56.6 Å². The predicted molar refractivity (Wildman–Crippen MR) is 404 cm³/mol. The highest BCUT2D eigenvalue weighted by Crippen LogP contribution is 2.33. The summed E-state index contributed by atoms with van der Waals surface area (Å²) in [4.78, 5) is 121. The molecule has 1 aliphatic heterocycles. The second kappa shape index (κ2) is 34.4. The van der Waals surface area contributed by atoms with E-state index in [0.717, 1.165) is 40.9 Å². The molecule has 8 aromatic carbocycles. The number of hydrogen-bond donors (Lipinski definition) is 6. The molecule has 0 radical (unpaired) electrons. The van der Waals surface area contributed by atoms with Crippen molar-refractivity contribution >= 4 is 123 Å². The van der Waals surface area contributed by atoms with Gasteiger partial charge in [-0.15, -0.1) is 0 Å². The Morgan fingerprint density at radius 2 is 0.607 bits per heavy atom. The van der Waals surface area contributed by atoms with Gasteiger partial charge in [-0.1, -0.05) is 77.9 Å². The number of carbonyl (C=O) groups excluding carboxylic acids is 6. The van der Waals surface area contributed by atoms with Crippen LogP contribution in [0.4, 0.5) is 0 Å². The Morgan fingerprint density at radius 1 is 0.346 bits per heavy atom. The van der Waals surface area contributed by atoms with Gasteiger partial charge in [0.1, 0.15) is 93.1 Å². The molecule has 1 fully saturated rings. The summed E-state index contributed by atoms with van der Waals surface area (Å²) in [5.74, 6) is -0.761. The van der Waals surface area contributed by atoms with Crippen molar-refractivity contribution < 1.29 is 74.9 Å². The standard InChI is InChI=1S/C25H30N2O6.C19H18N2O6.C19H19NO4.C18H15NO4/c1-13(2)9-20(26)24(29)31-15-5-7-17-18-8-6-16(32-25(30)21(27)10-14(3)4)12-22(18)33-23(28)19(17)11-15;1-9(20)17(22)25-11-3-5-13-14-6-4-12(26-18(23)10(2)21)8-16(14)27-19(24)15(13)7-11;1-11(2)9-16(20)19(22)23-12-7-8-14-13-5-3-4-6-15(13)18(21)24-17(14)10-12;20-17-14-5-2-1-4-12(14)13-8-7-11(10-16(13)23-17)22-18(21)15-6-3-9-19-15/h5-8,11-14,20-21H,9-10,26-27H2,1-4H3;3-10H,20-21H2,1-2H3;3-8,10-11,16H,9,20H2,1-2H3;1-2,4-5,7-8,10,15,19H,3,6,9H2/t20-,21-;9-,10-;16-;/m110./s1. The van der Waals surface area contributed by atoms with Crippen LogP contribution in [-0.4, -0.2) is 78.6 Å². The van der Waals surface area contributed by atoms with E-state index >= 15 is 0 Å². The molecule has 12 aromatic rings. The van der Waals surface area contributed by atoms with Crippen molar-refractivity contribution in [1.29, 1.82) is 0 Å². The van der Waals surface area contributed by atoms with Gasteiger partial charge < -0.3 is 80.1 Å². The first kappa shape index (κ1) is 77.8. The van der Waals surface area contributed by atoms with E-state index in [9.17, 15) is 47.9 Å². The van der Waals surface area contributed by atoms with E-state index in [1.54, 1.807) is 103 Å². The molecule has 26 nitrogen and oxygen atoms in total. The monoisotopic (exact) mass is 1460 g/mol. The maximum absolute atomic E-state index is 12.6. The van der Waals surface area contributed by atoms with Crippen LogP contribution in [0.5, 0.6) is 34.5 Å². The van der Waals surface area contributed by atoms with Gasteiger partial charge in [0.2, 0.25) is 0 Å². The van der Waals surface area contributed by atoms with Crippen molar-refractivity contribution in [3.63, 3.8) is 0 Å². The van der Waals surface area contributed by atoms with Crippen molar-refractivity contribution in [2.24, 2.45) is 46.4 Å². The van der Waals surface area contributed by atoms with E-state index in [1.165, 1.54) is 38.1 Å². The summed E-state index contributed by atoms with van der Waals surface area (Å²) in [5.41, 5.74) is 27.8. The number of rotatable bonds is 18. The van der Waals surface area contributed by atoms with E-state index in [4.69, 9.17) is 74.8 Å². The average molecular weight is 1460 g/mol. The molecule has 11 N–H and O–H groups in total. The minimum absolute atomic E-state index is 0.193. The molecule has 1 unspecified atom stereocenters. The van der Waals surface area contributed by atoms with Gasteiger partial charge in [0.05, 0.1) is 21.5 Å². The Hall–Kier alpha value is -11.8. The summed E-state index contributed by atoms with van der Waals surface area (Å²) in [6, 6.07) is 39.5. The highest BCUT2D eigenvalue weighted by Gasteiger charge is 2.26. The fraction of sp³-hybridized carbons (Fsp3) is 0.284. The van der Waals surface area contributed by atoms with Crippen LogP contribution >= 0.6 is 0 Å². The van der Waals surface area contributed by atoms with E-state index in [1.807, 2.05) is 71.9 Å². The van der Waals surface area contributed by atoms with E-state index in [2.05, 4.69) is 5.32 Å². The third-order valence-corrected chi connectivity index (χ3v) is 17.0. The molecule has 26 heteroatoms. The lowest BCUT2D eigenvalue weighted by Gasteiger charge is -2.14. The zero-order valence-electron chi connectivity index (χ0n) is 60.0. The van der Waals surface area contributed by atoms with Crippen LogP contribution in [0.3, 0.4) is 0 Å². The lowest BCUT2D eigenvalue weighted by Crippen LogP contribution is -2.35. The predicted octanol–water partition coefficient (Wildman–Crippen LogP) is 10.8. The summed E-state index contributed by atoms with van der Waals surface area (Å²) in [6.07, 6.45) is 3.30. The second-order valence-electron chi connectivity index (χ2n) is 27.2. The molecule has 0 bridgehead atoms. The number of esters is 6. The van der Waals surface area contributed by atoms with Crippen molar-refractivity contribution in [1.82, 2.24) is 5.32 Å². The van der Waals surface area contributed by atoms with Crippen LogP contribution in [0.25, 0.3) is 87.0 Å². The van der Waals surface area contributed by atoms with Crippen LogP contribution < -0.4 is 84.9 Å². The molecule has 0 spiro atoms. The lowest BCUT2D eigenvalue weighted by molar-refractivity contribution is -0.137. The first-order chi connectivity index (χ1) is 51.0. The van der Waals surface area contributed by atoms with Gasteiger partial charge in [0.15, 0.2) is 0 Å². The maximum Gasteiger partial charge on any atom is 0.344 e. The molecule has 5 heterocycles. The Morgan fingerprint density at radius 3 is 0.897 bits per heavy atom. The number of nitrogens with one attached hydrogen (secondary N) is 1. The van der Waals surface area contributed by atoms with Gasteiger partial charge in [-0.25, -0.2) is 47.9 Å². The average Bonchev–Trinajstić information content (AvgIpc) is 1.32. The van der Waals surface area contributed by atoms with Gasteiger partial charge in [-0.2, -0.15) is 0 Å². The minimum atomic E-state index is -0.786. The van der Waals surface area contributed by atoms with Crippen LogP contribution in [0.1, 0.15) is 87.5 Å². The highest BCUT2D eigenvalue weighted by molar-refractivity contribution is 6.08. The normalized spacial score (nSPS) is 14.1. The Bertz CT molecular complexity index is 5620. The number of hydrogen-bond acceptors (Lipinski definition) is 26. The first-order valence-corrected chi connectivity index (χ1v) is 34.7. The Labute approximate surface area is 610 Å². The third kappa shape index (κ3) is 19.4. The largest absolute Gasteiger partial charge is 0.425 e. The number of benzene rings is 8. The molecular formula is C81H82N6O20. The summed E-state index contributed by atoms with van der Waals surface area (Å²) < 4.78 is 53.1. The smallest absolute Gasteiger partial charge is 0.344 e. The molecule has 1 aliphatic rings. The third-order valence-electron chi connectivity index (χ3n) is 17.0. The molecule has 107 heavy (non-hydrogen) atoms. The summed E-state index contributed by atoms with van der Waals surface area (Å²) in [6.45, 7) is 15.7. The van der Waals surface area contributed by atoms with E-state index in [0.29, 0.717) is 80.2 Å².